The van der Waals surface area contributed by atoms with Gasteiger partial charge in [-0.2, -0.15) is 0 Å². The maximum atomic E-state index is 5.27. The summed E-state index contributed by atoms with van der Waals surface area (Å²) in [7, 11) is 0. The number of anilines is 1. The van der Waals surface area contributed by atoms with Crippen molar-refractivity contribution in [2.24, 2.45) is 0 Å². The van der Waals surface area contributed by atoms with E-state index >= 15 is 0 Å². The van der Waals surface area contributed by atoms with Gasteiger partial charge < -0.3 is 5.32 Å². The number of nitrogens with one attached hydrogen (secondary N) is 1. The summed E-state index contributed by atoms with van der Waals surface area (Å²) in [6, 6.07) is 18.3. The number of para-hydroxylation sites is 1. The van der Waals surface area contributed by atoms with Gasteiger partial charge in [0.05, 0.1) is 0 Å². The van der Waals surface area contributed by atoms with Gasteiger partial charge >= 0.3 is 0 Å². The van der Waals surface area contributed by atoms with Crippen LogP contribution in [0.4, 0.5) is 5.69 Å². The molecular formula is C16H15NS2. The van der Waals surface area contributed by atoms with Crippen LogP contribution in [0.3, 0.4) is 0 Å². The molecule has 0 aromatic heterocycles. The van der Waals surface area contributed by atoms with Gasteiger partial charge in [-0.1, -0.05) is 59.9 Å². The normalized spacial score (nSPS) is 10.6. The zero-order chi connectivity index (χ0) is 13.5. The van der Waals surface area contributed by atoms with Crippen molar-refractivity contribution < 1.29 is 0 Å². The van der Waals surface area contributed by atoms with E-state index in [1.807, 2.05) is 41.8 Å². The molecule has 0 bridgehead atoms. The fourth-order valence-electron chi connectivity index (χ4n) is 1.57. The molecule has 0 aliphatic heterocycles. The molecule has 0 heterocycles. The summed E-state index contributed by atoms with van der Waals surface area (Å²) in [6.45, 7) is 2.09. The number of thioether (sulfide) groups is 1. The minimum absolute atomic E-state index is 0.714. The predicted molar refractivity (Wildman–Crippen MR) is 88.8 cm³/mol. The van der Waals surface area contributed by atoms with Gasteiger partial charge in [-0.05, 0) is 42.7 Å². The molecule has 19 heavy (non-hydrogen) atoms. The second-order valence-corrected chi connectivity index (χ2v) is 5.51. The smallest absolute Gasteiger partial charge is 0.104 e. The van der Waals surface area contributed by atoms with Crippen molar-refractivity contribution >= 4 is 34.7 Å². The summed E-state index contributed by atoms with van der Waals surface area (Å²) in [6.07, 6.45) is 1.91. The van der Waals surface area contributed by atoms with Crippen LogP contribution in [0.5, 0.6) is 0 Å². The average Bonchev–Trinajstić information content (AvgIpc) is 2.40. The van der Waals surface area contributed by atoms with Crippen molar-refractivity contribution in [3.8, 4) is 0 Å². The number of benzene rings is 2. The first-order valence-corrected chi connectivity index (χ1v) is 7.29. The monoisotopic (exact) mass is 285 g/mol. The van der Waals surface area contributed by atoms with Gasteiger partial charge in [-0.25, -0.2) is 0 Å². The third kappa shape index (κ3) is 4.89. The molecule has 2 aromatic rings. The lowest BCUT2D eigenvalue weighted by Gasteiger charge is -2.03. The van der Waals surface area contributed by atoms with Gasteiger partial charge in [0.2, 0.25) is 0 Å². The zero-order valence-electron chi connectivity index (χ0n) is 10.7. The van der Waals surface area contributed by atoms with E-state index in [0.717, 1.165) is 5.69 Å². The molecular weight excluding hydrogens is 270 g/mol. The van der Waals surface area contributed by atoms with E-state index in [1.165, 1.54) is 10.5 Å². The fraction of sp³-hybridized carbons (Fsp3) is 0.0625. The van der Waals surface area contributed by atoms with Crippen LogP contribution < -0.4 is 5.32 Å². The van der Waals surface area contributed by atoms with Crippen LogP contribution in [-0.4, -0.2) is 4.99 Å². The fourth-order valence-corrected chi connectivity index (χ4v) is 2.61. The number of thiocarbonyl (C=S) groups is 1. The van der Waals surface area contributed by atoms with E-state index in [9.17, 15) is 0 Å². The molecule has 2 aromatic carbocycles. The van der Waals surface area contributed by atoms with Crippen LogP contribution in [0.25, 0.3) is 0 Å². The van der Waals surface area contributed by atoms with Gasteiger partial charge in [-0.3, -0.25) is 0 Å². The number of hydrogen-bond acceptors (Lipinski definition) is 2. The first kappa shape index (κ1) is 13.8. The molecule has 0 radical (unpaired) electrons. The Bertz CT molecular complexity index is 576. The molecule has 2 rings (SSSR count). The molecule has 0 aliphatic rings. The summed E-state index contributed by atoms with van der Waals surface area (Å²) in [5.41, 5.74) is 2.28. The molecule has 0 fully saturated rings. The Hall–Kier alpha value is -1.58. The van der Waals surface area contributed by atoms with Gasteiger partial charge in [0, 0.05) is 10.6 Å². The van der Waals surface area contributed by atoms with Crippen LogP contribution in [0, 0.1) is 6.92 Å². The van der Waals surface area contributed by atoms with Gasteiger partial charge in [0.1, 0.15) is 4.99 Å². The van der Waals surface area contributed by atoms with Crippen LogP contribution >= 0.6 is 24.0 Å². The standard InChI is InChI=1S/C16H15NS2/c1-13-6-5-9-15(12-13)19-11-10-16(18)17-14-7-3-2-4-8-14/h2-12H,1H3,(H,17,18). The summed E-state index contributed by atoms with van der Waals surface area (Å²) >= 11 is 6.93. The van der Waals surface area contributed by atoms with Crippen LogP contribution in [0.15, 0.2) is 71.0 Å². The highest BCUT2D eigenvalue weighted by Crippen LogP contribution is 2.20. The zero-order valence-corrected chi connectivity index (χ0v) is 12.3. The molecule has 0 saturated heterocycles. The predicted octanol–water partition coefficient (Wildman–Crippen LogP) is 5.04. The third-order valence-electron chi connectivity index (χ3n) is 2.45. The van der Waals surface area contributed by atoms with Crippen molar-refractivity contribution in [2.45, 2.75) is 11.8 Å². The molecule has 3 heteroatoms. The summed E-state index contributed by atoms with van der Waals surface area (Å²) < 4.78 is 0. The lowest BCUT2D eigenvalue weighted by molar-refractivity contribution is 1.37. The van der Waals surface area contributed by atoms with E-state index in [4.69, 9.17) is 12.2 Å². The van der Waals surface area contributed by atoms with Gasteiger partial charge in [0.25, 0.3) is 0 Å². The quantitative estimate of drug-likeness (QED) is 0.480. The van der Waals surface area contributed by atoms with Crippen molar-refractivity contribution in [1.29, 1.82) is 0 Å². The molecule has 1 N–H and O–H groups in total. The largest absolute Gasteiger partial charge is 0.347 e. The summed E-state index contributed by atoms with van der Waals surface area (Å²) in [4.78, 5) is 1.94. The van der Waals surface area contributed by atoms with Crippen molar-refractivity contribution in [3.05, 3.63) is 71.6 Å². The number of rotatable bonds is 4. The summed E-state index contributed by atoms with van der Waals surface area (Å²) in [5.74, 6) is 0. The molecule has 0 atom stereocenters. The Balaban J connectivity index is 1.87. The molecule has 96 valence electrons. The van der Waals surface area contributed by atoms with E-state index in [1.54, 1.807) is 11.8 Å². The lowest BCUT2D eigenvalue weighted by Crippen LogP contribution is -2.04. The minimum Gasteiger partial charge on any atom is -0.347 e. The van der Waals surface area contributed by atoms with Crippen LogP contribution in [0.1, 0.15) is 5.56 Å². The third-order valence-corrected chi connectivity index (χ3v) is 3.49. The minimum atomic E-state index is 0.714. The first-order valence-electron chi connectivity index (χ1n) is 6.00. The van der Waals surface area contributed by atoms with Crippen molar-refractivity contribution in [3.63, 3.8) is 0 Å². The first-order chi connectivity index (χ1) is 9.24. The van der Waals surface area contributed by atoms with E-state index < -0.39 is 0 Å². The number of hydrogen-bond donors (Lipinski definition) is 1. The Morgan fingerprint density at radius 2 is 1.89 bits per heavy atom. The molecule has 0 unspecified atom stereocenters. The van der Waals surface area contributed by atoms with Crippen LogP contribution in [0.2, 0.25) is 0 Å². The Morgan fingerprint density at radius 3 is 2.63 bits per heavy atom. The van der Waals surface area contributed by atoms with Crippen LogP contribution in [-0.2, 0) is 0 Å². The average molecular weight is 285 g/mol. The molecule has 0 aliphatic carbocycles. The van der Waals surface area contributed by atoms with E-state index in [0.29, 0.717) is 4.99 Å². The molecule has 0 amide bonds. The van der Waals surface area contributed by atoms with Gasteiger partial charge in [-0.15, -0.1) is 0 Å². The highest BCUT2D eigenvalue weighted by Gasteiger charge is 1.93. The number of aryl methyl sites for hydroxylation is 1. The van der Waals surface area contributed by atoms with E-state index in [-0.39, 0.29) is 0 Å². The SMILES string of the molecule is Cc1cccc(SC=CC(=S)Nc2ccccc2)c1. The van der Waals surface area contributed by atoms with E-state index in [2.05, 4.69) is 36.5 Å². The second-order valence-electron chi connectivity index (χ2n) is 4.09. The lowest BCUT2D eigenvalue weighted by atomic mass is 10.2. The molecule has 1 nitrogen and oxygen atoms in total. The molecule has 0 saturated carbocycles. The topological polar surface area (TPSA) is 12.0 Å². The molecule has 0 spiro atoms. The second kappa shape index (κ2) is 7.12. The Labute approximate surface area is 123 Å². The summed E-state index contributed by atoms with van der Waals surface area (Å²) in [5, 5.41) is 5.18. The Morgan fingerprint density at radius 1 is 1.11 bits per heavy atom. The Kier molecular flexibility index (Phi) is 5.19. The highest BCUT2D eigenvalue weighted by atomic mass is 32.2. The van der Waals surface area contributed by atoms with Crippen molar-refractivity contribution in [2.75, 3.05) is 5.32 Å². The van der Waals surface area contributed by atoms with Gasteiger partial charge in [0.15, 0.2) is 0 Å². The maximum Gasteiger partial charge on any atom is 0.104 e. The van der Waals surface area contributed by atoms with Crippen molar-refractivity contribution in [1.82, 2.24) is 0 Å². The maximum absolute atomic E-state index is 5.27. The highest BCUT2D eigenvalue weighted by molar-refractivity contribution is 8.02.